The van der Waals surface area contributed by atoms with Gasteiger partial charge < -0.3 is 9.88 Å². The van der Waals surface area contributed by atoms with E-state index < -0.39 is 24.2 Å². The molecule has 3 rings (SSSR count). The summed E-state index contributed by atoms with van der Waals surface area (Å²) in [5.74, 6) is 0. The molecule has 0 aliphatic carbocycles. The molecule has 0 radical (unpaired) electrons. The summed E-state index contributed by atoms with van der Waals surface area (Å²) in [6, 6.07) is 9.09. The molecule has 3 aromatic rings. The van der Waals surface area contributed by atoms with Crippen molar-refractivity contribution in [3.8, 4) is 0 Å². The van der Waals surface area contributed by atoms with Gasteiger partial charge in [0.15, 0.2) is 11.2 Å². The summed E-state index contributed by atoms with van der Waals surface area (Å²) >= 11 is 0. The molecule has 0 spiro atoms. The van der Waals surface area contributed by atoms with Crippen LogP contribution < -0.4 is 16.6 Å². The summed E-state index contributed by atoms with van der Waals surface area (Å²) < 4.78 is 36.4. The molecule has 0 saturated heterocycles. The van der Waals surface area contributed by atoms with Crippen LogP contribution in [0.4, 0.5) is 0 Å². The van der Waals surface area contributed by atoms with E-state index in [1.807, 2.05) is 30.3 Å². The van der Waals surface area contributed by atoms with E-state index in [9.17, 15) is 9.59 Å². The zero-order chi connectivity index (χ0) is 21.6. The summed E-state index contributed by atoms with van der Waals surface area (Å²) in [4.78, 5) is 28.7. The van der Waals surface area contributed by atoms with Crippen molar-refractivity contribution in [2.75, 3.05) is 6.50 Å². The van der Waals surface area contributed by atoms with Crippen molar-refractivity contribution in [1.82, 2.24) is 24.0 Å². The number of nitrogens with one attached hydrogen (secondary N) is 1. The van der Waals surface area contributed by atoms with Crippen LogP contribution >= 0.6 is 0 Å². The maximum absolute atomic E-state index is 12.6. The first-order valence-electron chi connectivity index (χ1n) is 9.92. The first kappa shape index (κ1) is 12.7. The van der Waals surface area contributed by atoms with Crippen molar-refractivity contribution in [1.29, 1.82) is 0 Å². The van der Waals surface area contributed by atoms with Gasteiger partial charge in [-0.15, -0.1) is 0 Å². The average Bonchev–Trinajstić information content (AvgIpc) is 3.10. The SMILES string of the molecule is [2H]C([2H])(NC(C)Cc1ccccc1)C([2H])([2H])n1cnc2c1c(=O)n(C)c(=O)n2C. The first-order chi connectivity index (χ1) is 13.5. The molecule has 1 atom stereocenters. The molecule has 0 aliphatic heterocycles. The van der Waals surface area contributed by atoms with E-state index in [2.05, 4.69) is 10.3 Å². The lowest BCUT2D eigenvalue weighted by Gasteiger charge is -2.14. The van der Waals surface area contributed by atoms with Crippen LogP contribution in [0.15, 0.2) is 46.2 Å². The molecule has 7 heteroatoms. The van der Waals surface area contributed by atoms with Gasteiger partial charge in [-0.2, -0.15) is 0 Å². The van der Waals surface area contributed by atoms with Crippen LogP contribution in [-0.2, 0) is 27.0 Å². The van der Waals surface area contributed by atoms with Crippen molar-refractivity contribution in [3.63, 3.8) is 0 Å². The van der Waals surface area contributed by atoms with Crippen LogP contribution in [0.3, 0.4) is 0 Å². The maximum Gasteiger partial charge on any atom is 0.332 e. The van der Waals surface area contributed by atoms with Crippen molar-refractivity contribution in [3.05, 3.63) is 63.1 Å². The van der Waals surface area contributed by atoms with Crippen LogP contribution in [-0.4, -0.2) is 31.2 Å². The Morgan fingerprint density at radius 2 is 1.92 bits per heavy atom. The molecule has 132 valence electrons. The highest BCUT2D eigenvalue weighted by Gasteiger charge is 2.14. The lowest BCUT2D eigenvalue weighted by atomic mass is 10.1. The smallest absolute Gasteiger partial charge is 0.323 e. The standard InChI is InChI=1S/C18H23N5O2/c1-13(11-14-7-5-4-6-8-14)19-9-10-23-12-20-16-15(23)17(24)22(3)18(25)21(16)2/h4-8,12-13,19H,9-11H2,1-3H3/i9D2,10D2. The van der Waals surface area contributed by atoms with Gasteiger partial charge in [0.1, 0.15) is 0 Å². The molecular formula is C18H23N5O2. The molecule has 0 aliphatic rings. The first-order valence-corrected chi connectivity index (χ1v) is 7.92. The summed E-state index contributed by atoms with van der Waals surface area (Å²) in [6.07, 6.45) is 1.55. The number of fused-ring (bicyclic) bond motifs is 1. The van der Waals surface area contributed by atoms with Gasteiger partial charge in [-0.3, -0.25) is 13.9 Å². The van der Waals surface area contributed by atoms with E-state index in [1.165, 1.54) is 14.1 Å². The number of aryl methyl sites for hydroxylation is 2. The Morgan fingerprint density at radius 1 is 1.20 bits per heavy atom. The molecule has 0 bridgehead atoms. The summed E-state index contributed by atoms with van der Waals surface area (Å²) in [5, 5.41) is 2.69. The minimum absolute atomic E-state index is 0.00453. The number of aromatic nitrogens is 4. The second-order valence-corrected chi connectivity index (χ2v) is 5.96. The van der Waals surface area contributed by atoms with Crippen molar-refractivity contribution >= 4 is 11.2 Å². The van der Waals surface area contributed by atoms with Crippen LogP contribution in [0.5, 0.6) is 0 Å². The lowest BCUT2D eigenvalue weighted by Crippen LogP contribution is -2.38. The van der Waals surface area contributed by atoms with Crippen molar-refractivity contribution < 1.29 is 5.48 Å². The lowest BCUT2D eigenvalue weighted by molar-refractivity contribution is 0.515. The Balaban J connectivity index is 1.99. The van der Waals surface area contributed by atoms with Crippen molar-refractivity contribution in [2.45, 2.75) is 25.9 Å². The number of hydrogen-bond donors (Lipinski definition) is 1. The van der Waals surface area contributed by atoms with E-state index in [4.69, 9.17) is 5.48 Å². The van der Waals surface area contributed by atoms with Crippen LogP contribution in [0.1, 0.15) is 18.0 Å². The quantitative estimate of drug-likeness (QED) is 0.712. The Morgan fingerprint density at radius 3 is 2.64 bits per heavy atom. The predicted octanol–water partition coefficient (Wildman–Crippen LogP) is 0.654. The highest BCUT2D eigenvalue weighted by molar-refractivity contribution is 5.69. The zero-order valence-electron chi connectivity index (χ0n) is 18.4. The molecule has 0 amide bonds. The minimum Gasteiger partial charge on any atom is -0.323 e. The normalized spacial score (nSPS) is 16.1. The van der Waals surface area contributed by atoms with Crippen molar-refractivity contribution in [2.24, 2.45) is 14.1 Å². The van der Waals surface area contributed by atoms with Gasteiger partial charge >= 0.3 is 5.69 Å². The fraction of sp³-hybridized carbons (Fsp3) is 0.389. The third-order valence-electron chi connectivity index (χ3n) is 4.03. The fourth-order valence-electron chi connectivity index (χ4n) is 2.66. The van der Waals surface area contributed by atoms with E-state index in [0.717, 1.165) is 25.6 Å². The van der Waals surface area contributed by atoms with Crippen LogP contribution in [0, 0.1) is 0 Å². The van der Waals surface area contributed by atoms with Gasteiger partial charge in [0.2, 0.25) is 0 Å². The summed E-state index contributed by atoms with van der Waals surface area (Å²) in [6.45, 7) is -3.43. The molecule has 1 aromatic carbocycles. The maximum atomic E-state index is 12.6. The van der Waals surface area contributed by atoms with E-state index in [-0.39, 0.29) is 17.2 Å². The number of imidazole rings is 1. The van der Waals surface area contributed by atoms with E-state index in [1.54, 1.807) is 6.92 Å². The monoisotopic (exact) mass is 345 g/mol. The molecule has 1 N–H and O–H groups in total. The Bertz CT molecular complexity index is 1150. The highest BCUT2D eigenvalue weighted by Crippen LogP contribution is 2.05. The molecule has 7 nitrogen and oxygen atoms in total. The Kier molecular flexibility index (Phi) is 3.58. The molecule has 25 heavy (non-hydrogen) atoms. The Hall–Kier alpha value is -2.67. The number of hydrogen-bond acceptors (Lipinski definition) is 4. The topological polar surface area (TPSA) is 73.8 Å². The molecule has 0 fully saturated rings. The van der Waals surface area contributed by atoms with Gasteiger partial charge in [-0.05, 0) is 18.9 Å². The number of rotatable bonds is 6. The average molecular weight is 345 g/mol. The zero-order valence-corrected chi connectivity index (χ0v) is 14.4. The van der Waals surface area contributed by atoms with Crippen LogP contribution in [0.2, 0.25) is 0 Å². The number of benzene rings is 1. The van der Waals surface area contributed by atoms with Gasteiger partial charge in [-0.25, -0.2) is 9.78 Å². The van der Waals surface area contributed by atoms with Crippen LogP contribution in [0.25, 0.3) is 11.2 Å². The van der Waals surface area contributed by atoms with Gasteiger partial charge in [0, 0.05) is 35.9 Å². The summed E-state index contributed by atoms with van der Waals surface area (Å²) in [5.41, 5.74) is -0.527. The second-order valence-electron chi connectivity index (χ2n) is 5.96. The molecule has 1 unspecified atom stereocenters. The van der Waals surface area contributed by atoms with E-state index in [0.29, 0.717) is 6.42 Å². The number of nitrogens with zero attached hydrogens (tertiary/aromatic N) is 4. The molecule has 0 saturated carbocycles. The highest BCUT2D eigenvalue weighted by atomic mass is 16.2. The largest absolute Gasteiger partial charge is 0.332 e. The third kappa shape index (κ3) is 3.41. The van der Waals surface area contributed by atoms with Gasteiger partial charge in [-0.1, -0.05) is 30.3 Å². The fourth-order valence-corrected chi connectivity index (χ4v) is 2.66. The third-order valence-corrected chi connectivity index (χ3v) is 4.03. The predicted molar refractivity (Wildman–Crippen MR) is 97.8 cm³/mol. The molecular weight excluding hydrogens is 318 g/mol. The second kappa shape index (κ2) is 7.06. The molecule has 2 aromatic heterocycles. The molecule has 2 heterocycles. The van der Waals surface area contributed by atoms with Gasteiger partial charge in [0.05, 0.1) is 9.07 Å². The van der Waals surface area contributed by atoms with E-state index >= 15 is 0 Å². The minimum atomic E-state index is -2.66. The Labute approximate surface area is 151 Å². The summed E-state index contributed by atoms with van der Waals surface area (Å²) in [7, 11) is 2.71. The van der Waals surface area contributed by atoms with Gasteiger partial charge in [0.25, 0.3) is 5.56 Å².